The van der Waals surface area contributed by atoms with Crippen LogP contribution >= 0.6 is 0 Å². The molecule has 0 aliphatic heterocycles. The molecule has 0 aromatic heterocycles. The van der Waals surface area contributed by atoms with Crippen molar-refractivity contribution in [2.45, 2.75) is 26.2 Å². The number of nitrogen functional groups attached to an aromatic ring is 2. The van der Waals surface area contributed by atoms with Crippen molar-refractivity contribution in [2.24, 2.45) is 0 Å². The fourth-order valence-corrected chi connectivity index (χ4v) is 2.00. The van der Waals surface area contributed by atoms with E-state index in [2.05, 4.69) is 19.1 Å². The summed E-state index contributed by atoms with van der Waals surface area (Å²) in [6, 6.07) is 10.1. The Morgan fingerprint density at radius 2 is 1.88 bits per heavy atom. The normalized spacial score (nSPS) is 10.8. The summed E-state index contributed by atoms with van der Waals surface area (Å²) in [5, 5.41) is 2.24. The van der Waals surface area contributed by atoms with Crippen LogP contribution in [0.1, 0.15) is 25.3 Å². The van der Waals surface area contributed by atoms with Gasteiger partial charge in [0.05, 0.1) is 0 Å². The molecule has 0 spiro atoms. The first-order valence-corrected chi connectivity index (χ1v) is 5.79. The Morgan fingerprint density at radius 1 is 1.06 bits per heavy atom. The van der Waals surface area contributed by atoms with E-state index in [1.807, 2.05) is 18.2 Å². The van der Waals surface area contributed by atoms with Gasteiger partial charge in [-0.05, 0) is 35.9 Å². The fourth-order valence-electron chi connectivity index (χ4n) is 2.00. The third kappa shape index (κ3) is 1.96. The second-order valence-electron chi connectivity index (χ2n) is 4.22. The molecule has 2 rings (SSSR count). The Bertz CT molecular complexity index is 503. The van der Waals surface area contributed by atoms with E-state index in [1.54, 1.807) is 0 Å². The summed E-state index contributed by atoms with van der Waals surface area (Å²) in [6.07, 6.45) is 3.44. The molecule has 0 heterocycles. The van der Waals surface area contributed by atoms with E-state index in [1.165, 1.54) is 18.4 Å². The maximum atomic E-state index is 6.17. The van der Waals surface area contributed by atoms with E-state index in [0.717, 1.165) is 28.6 Å². The first-order valence-electron chi connectivity index (χ1n) is 5.79. The van der Waals surface area contributed by atoms with Crippen molar-refractivity contribution >= 4 is 22.1 Å². The monoisotopic (exact) mass is 214 g/mol. The predicted molar refractivity (Wildman–Crippen MR) is 71.4 cm³/mol. The van der Waals surface area contributed by atoms with Crippen LogP contribution in [0.4, 0.5) is 11.4 Å². The molecule has 0 aliphatic rings. The van der Waals surface area contributed by atoms with Gasteiger partial charge < -0.3 is 11.5 Å². The highest BCUT2D eigenvalue weighted by Crippen LogP contribution is 2.27. The van der Waals surface area contributed by atoms with Gasteiger partial charge in [-0.1, -0.05) is 31.5 Å². The molecule has 2 heteroatoms. The number of fused-ring (bicyclic) bond motifs is 1. The molecule has 0 saturated heterocycles. The SMILES string of the molecule is CCCCc1ccc2cc(N)ccc2c1N. The maximum Gasteiger partial charge on any atom is 0.0426 e. The van der Waals surface area contributed by atoms with Crippen LogP contribution < -0.4 is 11.5 Å². The Kier molecular flexibility index (Phi) is 3.00. The van der Waals surface area contributed by atoms with Crippen LogP contribution in [0.2, 0.25) is 0 Å². The number of rotatable bonds is 3. The minimum atomic E-state index is 0.785. The fraction of sp³-hybridized carbons (Fsp3) is 0.286. The molecular weight excluding hydrogens is 196 g/mol. The average molecular weight is 214 g/mol. The number of nitrogens with two attached hydrogens (primary N) is 2. The second-order valence-corrected chi connectivity index (χ2v) is 4.22. The summed E-state index contributed by atoms with van der Waals surface area (Å²) in [6.45, 7) is 2.19. The highest BCUT2D eigenvalue weighted by atomic mass is 14.6. The van der Waals surface area contributed by atoms with Crippen LogP contribution in [-0.4, -0.2) is 0 Å². The van der Waals surface area contributed by atoms with Gasteiger partial charge in [0.1, 0.15) is 0 Å². The van der Waals surface area contributed by atoms with E-state index in [-0.39, 0.29) is 0 Å². The first-order chi connectivity index (χ1) is 7.72. The maximum absolute atomic E-state index is 6.17. The van der Waals surface area contributed by atoms with E-state index in [0.29, 0.717) is 0 Å². The zero-order valence-corrected chi connectivity index (χ0v) is 9.66. The Labute approximate surface area is 96.3 Å². The molecule has 0 fully saturated rings. The van der Waals surface area contributed by atoms with Crippen LogP contribution in [-0.2, 0) is 6.42 Å². The summed E-state index contributed by atoms with van der Waals surface area (Å²) >= 11 is 0. The lowest BCUT2D eigenvalue weighted by Gasteiger charge is -2.09. The molecule has 2 nitrogen and oxygen atoms in total. The molecule has 4 N–H and O–H groups in total. The first kappa shape index (κ1) is 10.8. The van der Waals surface area contributed by atoms with Crippen LogP contribution in [0.15, 0.2) is 30.3 Å². The number of unbranched alkanes of at least 4 members (excludes halogenated alkanes) is 1. The van der Waals surface area contributed by atoms with Crippen molar-refractivity contribution < 1.29 is 0 Å². The van der Waals surface area contributed by atoms with Gasteiger partial charge in [-0.2, -0.15) is 0 Å². The van der Waals surface area contributed by atoms with Crippen molar-refractivity contribution in [3.63, 3.8) is 0 Å². The van der Waals surface area contributed by atoms with Gasteiger partial charge in [0.25, 0.3) is 0 Å². The number of aryl methyl sites for hydroxylation is 1. The third-order valence-electron chi connectivity index (χ3n) is 2.98. The van der Waals surface area contributed by atoms with E-state index >= 15 is 0 Å². The summed E-state index contributed by atoms with van der Waals surface area (Å²) in [5.41, 5.74) is 14.9. The van der Waals surface area contributed by atoms with Gasteiger partial charge in [-0.3, -0.25) is 0 Å². The van der Waals surface area contributed by atoms with Crippen LogP contribution in [0, 0.1) is 0 Å². The Balaban J connectivity index is 2.48. The molecule has 16 heavy (non-hydrogen) atoms. The zero-order valence-electron chi connectivity index (χ0n) is 9.66. The van der Waals surface area contributed by atoms with Crippen molar-refractivity contribution in [1.82, 2.24) is 0 Å². The van der Waals surface area contributed by atoms with Gasteiger partial charge >= 0.3 is 0 Å². The highest BCUT2D eigenvalue weighted by molar-refractivity contribution is 5.96. The number of benzene rings is 2. The van der Waals surface area contributed by atoms with Crippen LogP contribution in [0.3, 0.4) is 0 Å². The molecular formula is C14H18N2. The predicted octanol–water partition coefficient (Wildman–Crippen LogP) is 3.35. The molecule has 84 valence electrons. The lowest BCUT2D eigenvalue weighted by atomic mass is 10.00. The van der Waals surface area contributed by atoms with E-state index in [4.69, 9.17) is 11.5 Å². The molecule has 0 saturated carbocycles. The van der Waals surface area contributed by atoms with Crippen molar-refractivity contribution in [3.05, 3.63) is 35.9 Å². The largest absolute Gasteiger partial charge is 0.399 e. The number of hydrogen-bond acceptors (Lipinski definition) is 2. The average Bonchev–Trinajstić information content (AvgIpc) is 2.28. The van der Waals surface area contributed by atoms with Crippen molar-refractivity contribution in [3.8, 4) is 0 Å². The molecule has 0 amide bonds. The van der Waals surface area contributed by atoms with Crippen LogP contribution in [0.5, 0.6) is 0 Å². The molecule has 0 radical (unpaired) electrons. The lowest BCUT2D eigenvalue weighted by Crippen LogP contribution is -1.96. The van der Waals surface area contributed by atoms with Gasteiger partial charge in [0, 0.05) is 16.8 Å². The zero-order chi connectivity index (χ0) is 11.5. The summed E-state index contributed by atoms with van der Waals surface area (Å²) in [5.74, 6) is 0. The second kappa shape index (κ2) is 4.44. The molecule has 0 aliphatic carbocycles. The van der Waals surface area contributed by atoms with Gasteiger partial charge in [-0.25, -0.2) is 0 Å². The smallest absolute Gasteiger partial charge is 0.0426 e. The minimum Gasteiger partial charge on any atom is -0.399 e. The van der Waals surface area contributed by atoms with E-state index < -0.39 is 0 Å². The number of anilines is 2. The molecule has 0 unspecified atom stereocenters. The van der Waals surface area contributed by atoms with Crippen LogP contribution in [0.25, 0.3) is 10.8 Å². The Morgan fingerprint density at radius 3 is 2.62 bits per heavy atom. The standard InChI is InChI=1S/C14H18N2/c1-2-3-4-10-5-6-11-9-12(15)7-8-13(11)14(10)16/h5-9H,2-4,15-16H2,1H3. The van der Waals surface area contributed by atoms with Gasteiger partial charge in [0.15, 0.2) is 0 Å². The Hall–Kier alpha value is -1.70. The summed E-state index contributed by atoms with van der Waals surface area (Å²) < 4.78 is 0. The molecule has 0 atom stereocenters. The highest BCUT2D eigenvalue weighted by Gasteiger charge is 2.04. The van der Waals surface area contributed by atoms with Crippen molar-refractivity contribution in [1.29, 1.82) is 0 Å². The third-order valence-corrected chi connectivity index (χ3v) is 2.98. The van der Waals surface area contributed by atoms with Gasteiger partial charge in [-0.15, -0.1) is 0 Å². The lowest BCUT2D eigenvalue weighted by molar-refractivity contribution is 0.797. The van der Waals surface area contributed by atoms with E-state index in [9.17, 15) is 0 Å². The topological polar surface area (TPSA) is 52.0 Å². The number of hydrogen-bond donors (Lipinski definition) is 2. The summed E-state index contributed by atoms with van der Waals surface area (Å²) in [7, 11) is 0. The quantitative estimate of drug-likeness (QED) is 0.770. The molecule has 2 aromatic carbocycles. The minimum absolute atomic E-state index is 0.785. The molecule has 2 aromatic rings. The summed E-state index contributed by atoms with van der Waals surface area (Å²) in [4.78, 5) is 0. The van der Waals surface area contributed by atoms with Gasteiger partial charge in [0.2, 0.25) is 0 Å². The van der Waals surface area contributed by atoms with Crippen molar-refractivity contribution in [2.75, 3.05) is 11.5 Å². The molecule has 0 bridgehead atoms.